The van der Waals surface area contributed by atoms with Crippen molar-refractivity contribution < 1.29 is 38.2 Å². The molecule has 5 aromatic rings. The van der Waals surface area contributed by atoms with E-state index in [1.807, 2.05) is 97.1 Å². The molecule has 4 heterocycles. The van der Waals surface area contributed by atoms with Crippen LogP contribution in [0.2, 0.25) is 0 Å². The number of nitrogen functional groups attached to an aromatic ring is 1. The van der Waals surface area contributed by atoms with Crippen molar-refractivity contribution in [3.8, 4) is 0 Å². The normalized spacial score (nSPS) is 18.4. The summed E-state index contributed by atoms with van der Waals surface area (Å²) in [7, 11) is 0. The number of thioether (sulfide) groups is 1. The van der Waals surface area contributed by atoms with Crippen molar-refractivity contribution in [2.75, 3.05) is 11.5 Å². The summed E-state index contributed by atoms with van der Waals surface area (Å²) >= 11 is 2.46. The number of hydrogen-bond donors (Lipinski definition) is 2. The number of aromatic nitrogens is 2. The molecular formula is C46H42N6O8S2. The molecule has 0 radical (unpaired) electrons. The Hall–Kier alpha value is -6.78. The van der Waals surface area contributed by atoms with Gasteiger partial charge in [-0.05, 0) is 42.9 Å². The quantitative estimate of drug-likeness (QED) is 0.0287. The predicted octanol–water partition coefficient (Wildman–Crippen LogP) is 7.19. The number of carbonyl (C=O) groups is 4. The largest absolute Gasteiger partial charge is 0.511 e. The summed E-state index contributed by atoms with van der Waals surface area (Å²) in [4.78, 5) is 71.5. The molecule has 3 aromatic carbocycles. The van der Waals surface area contributed by atoms with Gasteiger partial charge in [0.1, 0.15) is 28.9 Å². The van der Waals surface area contributed by atoms with Gasteiger partial charge in [-0.2, -0.15) is 0 Å². The number of pyridine rings is 1. The van der Waals surface area contributed by atoms with Gasteiger partial charge in [0.05, 0.1) is 0 Å². The van der Waals surface area contributed by atoms with E-state index in [-0.39, 0.29) is 34.1 Å². The van der Waals surface area contributed by atoms with Crippen LogP contribution in [0, 0.1) is 0 Å². The van der Waals surface area contributed by atoms with Gasteiger partial charge in [0.15, 0.2) is 10.8 Å². The zero-order valence-corrected chi connectivity index (χ0v) is 35.1. The van der Waals surface area contributed by atoms with E-state index in [4.69, 9.17) is 24.8 Å². The Bertz CT molecular complexity index is 2400. The molecule has 3 aliphatic rings. The maximum absolute atomic E-state index is 14.5. The molecule has 62 heavy (non-hydrogen) atoms. The van der Waals surface area contributed by atoms with Gasteiger partial charge in [-0.1, -0.05) is 114 Å². The number of rotatable bonds is 14. The highest BCUT2D eigenvalue weighted by Gasteiger charge is 2.55. The Morgan fingerprint density at radius 2 is 1.55 bits per heavy atom. The number of thiazole rings is 1. The molecule has 1 saturated heterocycles. The lowest BCUT2D eigenvalue weighted by molar-refractivity contribution is -0.169. The van der Waals surface area contributed by atoms with Gasteiger partial charge >= 0.3 is 12.1 Å². The van der Waals surface area contributed by atoms with Crippen molar-refractivity contribution in [3.63, 3.8) is 0 Å². The Labute approximate surface area is 365 Å². The lowest BCUT2D eigenvalue weighted by Crippen LogP contribution is -2.71. The number of anilines is 1. The lowest BCUT2D eigenvalue weighted by atomic mass is 9.80. The predicted molar refractivity (Wildman–Crippen MR) is 234 cm³/mol. The average Bonchev–Trinajstić information content (AvgIpc) is 3.98. The Morgan fingerprint density at radius 1 is 0.903 bits per heavy atom. The smallest absolute Gasteiger partial charge is 0.431 e. The van der Waals surface area contributed by atoms with Crippen molar-refractivity contribution in [3.05, 3.63) is 166 Å². The number of nitrogens with two attached hydrogens (primary N) is 1. The number of amides is 2. The number of esters is 1. The summed E-state index contributed by atoms with van der Waals surface area (Å²) in [5.41, 5.74) is 8.07. The zero-order chi connectivity index (χ0) is 43.1. The summed E-state index contributed by atoms with van der Waals surface area (Å²) in [6.45, 7) is 1.39. The molecule has 3 N–H and O–H groups in total. The Kier molecular flexibility index (Phi) is 12.8. The first-order chi connectivity index (χ1) is 30.2. The third kappa shape index (κ3) is 8.97. The van der Waals surface area contributed by atoms with Gasteiger partial charge in [0.2, 0.25) is 11.9 Å². The number of nitrogens with zero attached hydrogens (tertiary/aromatic N) is 4. The molecule has 3 atom stereocenters. The topological polar surface area (TPSA) is 185 Å². The van der Waals surface area contributed by atoms with Crippen molar-refractivity contribution in [2.24, 2.45) is 5.16 Å². The van der Waals surface area contributed by atoms with Gasteiger partial charge in [-0.25, -0.2) is 14.6 Å². The van der Waals surface area contributed by atoms with E-state index in [0.29, 0.717) is 5.57 Å². The fourth-order valence-electron chi connectivity index (χ4n) is 7.57. The summed E-state index contributed by atoms with van der Waals surface area (Å²) in [6, 6.07) is 31.1. The van der Waals surface area contributed by atoms with Gasteiger partial charge in [-0.3, -0.25) is 19.5 Å². The summed E-state index contributed by atoms with van der Waals surface area (Å²) < 4.78 is 16.2. The average molecular weight is 871 g/mol. The second-order valence-corrected chi connectivity index (χ2v) is 16.6. The molecule has 2 fully saturated rings. The second kappa shape index (κ2) is 18.9. The van der Waals surface area contributed by atoms with Crippen molar-refractivity contribution in [1.82, 2.24) is 20.2 Å². The Morgan fingerprint density at radius 3 is 2.13 bits per heavy atom. The molecule has 2 aromatic heterocycles. The molecule has 8 rings (SSSR count). The summed E-state index contributed by atoms with van der Waals surface area (Å²) in [5.74, 6) is -1.96. The lowest BCUT2D eigenvalue weighted by Gasteiger charge is -2.49. The fraction of sp³-hybridized carbons (Fsp3) is 0.239. The van der Waals surface area contributed by atoms with Crippen molar-refractivity contribution in [2.45, 2.75) is 62.0 Å². The molecule has 1 aliphatic carbocycles. The standard InChI is InChI=1S/C46H42N6O8S2/c1-29(58-45(56)59-35-21-11-12-22-35)57-43(55)39-31(24-23-30-14-13-25-48-26-30)27-61-42-38(41(54)52(39)42)50-40(53)37(36-28-62-44(47)49-36)51-60-46(32-15-5-2-6-16-32,33-17-7-3-8-18-33)34-19-9-4-10-20-34/h2-10,13-20,23-26,28-29,35,38,42H,11-12,21-22,27H2,1H3,(H2,47,49)(H,50,53)/b24-23-,51-37+/t29?,38-,42-/m1/s1. The number of nitrogens with one attached hydrogen (secondary N) is 1. The molecule has 316 valence electrons. The van der Waals surface area contributed by atoms with Crippen LogP contribution in [0.5, 0.6) is 0 Å². The van der Waals surface area contributed by atoms with E-state index in [1.165, 1.54) is 23.6 Å². The second-order valence-electron chi connectivity index (χ2n) is 14.6. The third-order valence-corrected chi connectivity index (χ3v) is 12.5. The minimum atomic E-state index is -1.33. The minimum Gasteiger partial charge on any atom is -0.431 e. The van der Waals surface area contributed by atoms with Gasteiger partial charge < -0.3 is 30.1 Å². The highest BCUT2D eigenvalue weighted by atomic mass is 32.2. The number of allylic oxidation sites excluding steroid dienone is 1. The highest BCUT2D eigenvalue weighted by molar-refractivity contribution is 8.00. The van der Waals surface area contributed by atoms with Crippen LogP contribution in [0.4, 0.5) is 9.93 Å². The van der Waals surface area contributed by atoms with Crippen LogP contribution < -0.4 is 11.1 Å². The molecule has 2 amide bonds. The van der Waals surface area contributed by atoms with E-state index in [0.717, 1.165) is 59.3 Å². The fourth-order valence-corrected chi connectivity index (χ4v) is 9.44. The molecule has 16 heteroatoms. The van der Waals surface area contributed by atoms with Crippen LogP contribution in [0.15, 0.2) is 143 Å². The number of oxime groups is 1. The van der Waals surface area contributed by atoms with Crippen LogP contribution in [-0.2, 0) is 39.0 Å². The molecule has 14 nitrogen and oxygen atoms in total. The first-order valence-corrected chi connectivity index (χ1v) is 21.9. The molecule has 1 unspecified atom stereocenters. The van der Waals surface area contributed by atoms with Gasteiger partial charge in [0, 0.05) is 47.1 Å². The first kappa shape index (κ1) is 41.9. The SMILES string of the molecule is CC(OC(=O)OC1CCCC1)OC(=O)C1=C(/C=C\c2cccnc2)CS[C@@H]2[C@H](NC(=O)/C(=N/OC(c3ccccc3)(c3ccccc3)c3ccccc3)c3csc(N)n3)C(=O)N12. The number of benzene rings is 3. The number of β-lactam (4-membered cyclic amide) rings is 1. The summed E-state index contributed by atoms with van der Waals surface area (Å²) in [6.07, 6.45) is 7.65. The first-order valence-electron chi connectivity index (χ1n) is 20.0. The van der Waals surface area contributed by atoms with E-state index in [1.54, 1.807) is 36.0 Å². The van der Waals surface area contributed by atoms with Crippen LogP contribution in [-0.4, -0.2) is 74.1 Å². The zero-order valence-electron chi connectivity index (χ0n) is 33.5. The van der Waals surface area contributed by atoms with E-state index in [2.05, 4.69) is 20.4 Å². The molecule has 0 spiro atoms. The maximum atomic E-state index is 14.5. The van der Waals surface area contributed by atoms with E-state index in [9.17, 15) is 19.2 Å². The monoisotopic (exact) mass is 870 g/mol. The van der Waals surface area contributed by atoms with Crippen molar-refractivity contribution >= 4 is 64.0 Å². The van der Waals surface area contributed by atoms with Crippen LogP contribution in [0.3, 0.4) is 0 Å². The number of fused-ring (bicyclic) bond motifs is 1. The molecule has 2 aliphatic heterocycles. The molecule has 1 saturated carbocycles. The minimum absolute atomic E-state index is 0.0492. The van der Waals surface area contributed by atoms with E-state index >= 15 is 0 Å². The van der Waals surface area contributed by atoms with Crippen LogP contribution in [0.1, 0.15) is 60.6 Å². The highest BCUT2D eigenvalue weighted by Crippen LogP contribution is 2.43. The van der Waals surface area contributed by atoms with Gasteiger partial charge in [0.25, 0.3) is 11.8 Å². The number of carbonyl (C=O) groups excluding carboxylic acids is 4. The Balaban J connectivity index is 1.08. The number of hydrogen-bond acceptors (Lipinski definition) is 14. The van der Waals surface area contributed by atoms with Crippen molar-refractivity contribution in [1.29, 1.82) is 0 Å². The van der Waals surface area contributed by atoms with Crippen LogP contribution >= 0.6 is 23.1 Å². The van der Waals surface area contributed by atoms with Gasteiger partial charge in [-0.15, -0.1) is 23.1 Å². The number of ether oxygens (including phenoxy) is 3. The third-order valence-electron chi connectivity index (χ3n) is 10.5. The van der Waals surface area contributed by atoms with E-state index < -0.39 is 47.2 Å². The van der Waals surface area contributed by atoms with Crippen LogP contribution in [0.25, 0.3) is 6.08 Å². The molecular weight excluding hydrogens is 829 g/mol. The molecule has 0 bridgehead atoms. The maximum Gasteiger partial charge on any atom is 0.511 e. The summed E-state index contributed by atoms with van der Waals surface area (Å²) in [5, 5.41) is 8.46.